The summed E-state index contributed by atoms with van der Waals surface area (Å²) in [6.45, 7) is 1.63. The number of thiazole rings is 1. The van der Waals surface area contributed by atoms with Gasteiger partial charge in [0, 0.05) is 28.5 Å². The molecule has 2 aliphatic heterocycles. The number of nitrogen functional groups attached to an aromatic ring is 1. The number of hydrogen-bond donors (Lipinski definition) is 4. The zero-order valence-electron chi connectivity index (χ0n) is 21.0. The van der Waals surface area contributed by atoms with E-state index in [-0.39, 0.29) is 45.4 Å². The molecule has 41 heavy (non-hydrogen) atoms. The number of aromatic carboxylic acids is 1. The number of fused-ring (bicyclic) bond motifs is 2. The van der Waals surface area contributed by atoms with E-state index in [1.54, 1.807) is 6.92 Å². The minimum Gasteiger partial charge on any atom is -0.477 e. The third-order valence-corrected chi connectivity index (χ3v) is 8.72. The molecular weight excluding hydrogens is 602 g/mol. The smallest absolute Gasteiger partial charge is 0.477 e. The Morgan fingerprint density at radius 2 is 2.05 bits per heavy atom. The van der Waals surface area contributed by atoms with Crippen molar-refractivity contribution < 1.29 is 39.0 Å². The minimum absolute atomic E-state index is 0.0900. The van der Waals surface area contributed by atoms with Gasteiger partial charge in [0.25, 0.3) is 17.6 Å². The number of hydrogen-bond acceptors (Lipinski definition) is 15. The van der Waals surface area contributed by atoms with E-state index < -0.39 is 35.4 Å². The Morgan fingerprint density at radius 3 is 2.71 bits per heavy atom. The fourth-order valence-electron chi connectivity index (χ4n) is 3.93. The summed E-state index contributed by atoms with van der Waals surface area (Å²) < 4.78 is 6.39. The third kappa shape index (κ3) is 5.47. The zero-order chi connectivity index (χ0) is 29.4. The van der Waals surface area contributed by atoms with Gasteiger partial charge in [-0.25, -0.2) is 19.6 Å². The second kappa shape index (κ2) is 11.2. The molecule has 3 aromatic heterocycles. The van der Waals surface area contributed by atoms with Crippen LogP contribution in [0.4, 0.5) is 9.93 Å². The molecule has 2 atom stereocenters. The first-order valence-corrected chi connectivity index (χ1v) is 14.3. The summed E-state index contributed by atoms with van der Waals surface area (Å²) in [7, 11) is 1.25. The number of rotatable bonds is 9. The molecule has 1 saturated heterocycles. The molecule has 0 unspecified atom stereocenters. The van der Waals surface area contributed by atoms with E-state index in [0.717, 1.165) is 28.0 Å². The average Bonchev–Trinajstić information content (AvgIpc) is 3.52. The van der Waals surface area contributed by atoms with Crippen molar-refractivity contribution in [3.8, 4) is 0 Å². The van der Waals surface area contributed by atoms with Crippen molar-refractivity contribution in [1.29, 1.82) is 0 Å². The van der Waals surface area contributed by atoms with Crippen molar-refractivity contribution >= 4 is 75.4 Å². The zero-order valence-corrected chi connectivity index (χ0v) is 23.4. The van der Waals surface area contributed by atoms with Gasteiger partial charge >= 0.3 is 12.1 Å². The Balaban J connectivity index is 1.37. The lowest BCUT2D eigenvalue weighted by atomic mass is 10.1. The molecule has 0 spiro atoms. The topological polar surface area (TPSA) is 237 Å². The lowest BCUT2D eigenvalue weighted by Crippen LogP contribution is -2.70. The monoisotopic (exact) mass is 621 g/mol. The molecule has 5 heterocycles. The number of anilines is 1. The number of nitrogens with zero attached hydrogens (tertiary/aromatic N) is 7. The summed E-state index contributed by atoms with van der Waals surface area (Å²) in [5.41, 5.74) is 5.84. The highest BCUT2D eigenvalue weighted by Crippen LogP contribution is 2.42. The number of aryl methyl sites for hydroxylation is 1. The van der Waals surface area contributed by atoms with Crippen molar-refractivity contribution in [3.63, 3.8) is 0 Å². The van der Waals surface area contributed by atoms with Gasteiger partial charge in [-0.15, -0.1) is 40.0 Å². The van der Waals surface area contributed by atoms with Crippen molar-refractivity contribution in [2.45, 2.75) is 23.4 Å². The van der Waals surface area contributed by atoms with E-state index in [4.69, 9.17) is 15.3 Å². The molecule has 17 nitrogen and oxygen atoms in total. The fraction of sp³-hybridized carbons (Fsp3) is 0.286. The van der Waals surface area contributed by atoms with Gasteiger partial charge in [-0.2, -0.15) is 9.50 Å². The van der Waals surface area contributed by atoms with Gasteiger partial charge in [-0.3, -0.25) is 14.5 Å². The lowest BCUT2D eigenvalue weighted by molar-refractivity contribution is -0.148. The quantitative estimate of drug-likeness (QED) is 0.0640. The summed E-state index contributed by atoms with van der Waals surface area (Å²) in [5.74, 6) is -1.94. The number of oxime groups is 1. The molecule has 20 heteroatoms. The second-order valence-corrected chi connectivity index (χ2v) is 11.3. The Bertz CT molecular complexity index is 1650. The van der Waals surface area contributed by atoms with Crippen LogP contribution >= 0.6 is 34.9 Å². The number of β-lactam (4-membered cyclic amide) rings is 1. The van der Waals surface area contributed by atoms with Crippen molar-refractivity contribution in [1.82, 2.24) is 34.8 Å². The third-order valence-electron chi connectivity index (χ3n) is 5.62. The van der Waals surface area contributed by atoms with E-state index in [2.05, 4.69) is 30.5 Å². The molecule has 0 radical (unpaired) electrons. The predicted octanol–water partition coefficient (Wildman–Crippen LogP) is 0.619. The van der Waals surface area contributed by atoms with Crippen LogP contribution in [-0.2, 0) is 19.2 Å². The normalized spacial score (nSPS) is 18.6. The molecule has 2 amide bonds. The maximum Gasteiger partial charge on any atom is 0.512 e. The molecule has 5 rings (SSSR count). The van der Waals surface area contributed by atoms with Gasteiger partial charge in [0.2, 0.25) is 5.88 Å². The highest BCUT2D eigenvalue weighted by molar-refractivity contribution is 8.01. The van der Waals surface area contributed by atoms with E-state index in [1.807, 2.05) is 0 Å². The molecule has 0 bridgehead atoms. The second-order valence-electron chi connectivity index (χ2n) is 8.28. The number of ether oxygens (including phenoxy) is 1. The number of thioether (sulfide) groups is 2. The van der Waals surface area contributed by atoms with Gasteiger partial charge in [-0.05, 0) is 6.92 Å². The fourth-order valence-corrected chi connectivity index (χ4v) is 6.91. The van der Waals surface area contributed by atoms with Gasteiger partial charge in [0.1, 0.15) is 35.1 Å². The highest BCUT2D eigenvalue weighted by Gasteiger charge is 2.54. The number of carboxylic acid groups (broad SMARTS) is 2. The Labute approximate surface area is 241 Å². The summed E-state index contributed by atoms with van der Waals surface area (Å²) in [4.78, 5) is 67.2. The van der Waals surface area contributed by atoms with E-state index in [9.17, 15) is 29.4 Å². The number of aromatic nitrogens is 5. The SMILES string of the molecule is CO/N=C(\C(=O)N[C@@H]1C(=O)N2C(OC(=O)O)=C(CSc3cc(C(=O)O)nc4nc(C)nn34)CS[C@H]12)c1csc(N)n1. The van der Waals surface area contributed by atoms with Crippen molar-refractivity contribution in [3.05, 3.63) is 40.1 Å². The van der Waals surface area contributed by atoms with Crippen molar-refractivity contribution in [2.75, 3.05) is 24.3 Å². The van der Waals surface area contributed by atoms with Crippen molar-refractivity contribution in [2.24, 2.45) is 5.16 Å². The number of amides is 2. The molecule has 5 N–H and O–H groups in total. The van der Waals surface area contributed by atoms with Gasteiger partial charge in [-0.1, -0.05) is 5.16 Å². The van der Waals surface area contributed by atoms with Crippen LogP contribution in [-0.4, -0.2) is 99.4 Å². The highest BCUT2D eigenvalue weighted by atomic mass is 32.2. The van der Waals surface area contributed by atoms with Gasteiger partial charge in [0.05, 0.1) is 0 Å². The Kier molecular flexibility index (Phi) is 7.69. The van der Waals surface area contributed by atoms with Crippen LogP contribution in [0.25, 0.3) is 5.78 Å². The van der Waals surface area contributed by atoms with Crippen LogP contribution in [0.3, 0.4) is 0 Å². The van der Waals surface area contributed by atoms with E-state index >= 15 is 0 Å². The largest absolute Gasteiger partial charge is 0.512 e. The average molecular weight is 622 g/mol. The van der Waals surface area contributed by atoms with Gasteiger partial charge in [0.15, 0.2) is 16.5 Å². The molecular formula is C21H19N9O8S3. The number of carboxylic acids is 1. The number of nitrogens with two attached hydrogens (primary N) is 1. The van der Waals surface area contributed by atoms with Crippen LogP contribution in [0, 0.1) is 6.92 Å². The number of nitrogens with one attached hydrogen (secondary N) is 1. The standard InChI is InChI=1S/C21H19N9O8S3/c1-7-23-20-25-9(18(33)34)3-11(30(20)27-7)39-4-8-5-40-17-13(15(32)29(17)16(8)38-21(35)36)26-14(31)12(28-37-2)10-6-41-19(22)24-10/h3,6,13,17H,4-5H2,1-2H3,(H2,22,24)(H,26,31)(H,33,34)(H,35,36)/b28-12-/t13-,17-/m1/s1. The van der Waals surface area contributed by atoms with Crippen LogP contribution in [0.2, 0.25) is 0 Å². The van der Waals surface area contributed by atoms with Crippen LogP contribution in [0.1, 0.15) is 22.0 Å². The van der Waals surface area contributed by atoms with Crippen LogP contribution < -0.4 is 11.1 Å². The first kappa shape index (κ1) is 28.1. The van der Waals surface area contributed by atoms with Crippen LogP contribution in [0.15, 0.2) is 33.1 Å². The Hall–Kier alpha value is -4.43. The van der Waals surface area contributed by atoms with E-state index in [1.165, 1.54) is 34.8 Å². The minimum atomic E-state index is -1.63. The first-order chi connectivity index (χ1) is 19.6. The molecule has 2 aliphatic rings. The van der Waals surface area contributed by atoms with Crippen LogP contribution in [0.5, 0.6) is 0 Å². The maximum absolute atomic E-state index is 13.1. The van der Waals surface area contributed by atoms with E-state index in [0.29, 0.717) is 16.4 Å². The number of carbonyl (C=O) groups excluding carboxylic acids is 2. The summed E-state index contributed by atoms with van der Waals surface area (Å²) in [6.07, 6.45) is -1.63. The summed E-state index contributed by atoms with van der Waals surface area (Å²) in [6, 6.07) is 0.309. The molecule has 0 aliphatic carbocycles. The molecule has 1 fully saturated rings. The predicted molar refractivity (Wildman–Crippen MR) is 144 cm³/mol. The lowest BCUT2D eigenvalue weighted by Gasteiger charge is -2.49. The molecule has 0 saturated carbocycles. The summed E-state index contributed by atoms with van der Waals surface area (Å²) >= 11 is 3.52. The maximum atomic E-state index is 13.1. The molecule has 0 aromatic carbocycles. The first-order valence-electron chi connectivity index (χ1n) is 11.4. The number of carbonyl (C=O) groups is 4. The summed E-state index contributed by atoms with van der Waals surface area (Å²) in [5, 5.41) is 30.8. The van der Waals surface area contributed by atoms with Gasteiger partial charge < -0.3 is 30.8 Å². The Morgan fingerprint density at radius 1 is 1.27 bits per heavy atom. The molecule has 3 aromatic rings. The molecule has 214 valence electrons.